The van der Waals surface area contributed by atoms with Gasteiger partial charge < -0.3 is 25.0 Å². The summed E-state index contributed by atoms with van der Waals surface area (Å²) in [7, 11) is 0. The molecule has 0 bridgehead atoms. The van der Waals surface area contributed by atoms with Crippen molar-refractivity contribution in [1.82, 2.24) is 20.8 Å². The van der Waals surface area contributed by atoms with Gasteiger partial charge in [-0.2, -0.15) is 13.2 Å². The van der Waals surface area contributed by atoms with Gasteiger partial charge >= 0.3 is 6.18 Å². The first-order valence-corrected chi connectivity index (χ1v) is 15.9. The number of hydrogen-bond donors (Lipinski definition) is 3. The highest BCUT2D eigenvalue weighted by Gasteiger charge is 2.44. The van der Waals surface area contributed by atoms with Crippen molar-refractivity contribution in [2.75, 3.05) is 0 Å². The molecule has 3 N–H and O–H groups in total. The van der Waals surface area contributed by atoms with Crippen molar-refractivity contribution >= 4 is 29.2 Å². The average Bonchev–Trinajstić information content (AvgIpc) is 3.59. The second-order valence-electron chi connectivity index (χ2n) is 12.5. The molecule has 3 rings (SSSR count). The van der Waals surface area contributed by atoms with Crippen molar-refractivity contribution in [2.24, 2.45) is 17.8 Å². The van der Waals surface area contributed by atoms with E-state index in [0.717, 1.165) is 0 Å². The SMILES string of the molecule is CC(=O)CCC(NC(=O)[C@H](C)CC(=O)[C@H](Cc1ccccc1)NC(=O)[C@@H](CC(=O)c1ccc(-c2nnco2)cc1)C(C)C)C(O)C(F)(F)F. The lowest BCUT2D eigenvalue weighted by Gasteiger charge is -2.27. The number of halogens is 3. The highest BCUT2D eigenvalue weighted by Crippen LogP contribution is 2.25. The molecule has 0 aliphatic heterocycles. The highest BCUT2D eigenvalue weighted by atomic mass is 19.4. The number of aliphatic hydroxyl groups excluding tert-OH is 1. The van der Waals surface area contributed by atoms with E-state index in [0.29, 0.717) is 16.7 Å². The minimum atomic E-state index is -5.05. The fraction of sp³-hybridized carbons (Fsp3) is 0.457. The third-order valence-electron chi connectivity index (χ3n) is 8.15. The minimum absolute atomic E-state index is 0.0592. The summed E-state index contributed by atoms with van der Waals surface area (Å²) in [5.41, 5.74) is 1.67. The number of aliphatic hydroxyl groups is 1. The summed E-state index contributed by atoms with van der Waals surface area (Å²) in [6, 6.07) is 12.3. The van der Waals surface area contributed by atoms with Crippen LogP contribution in [0.5, 0.6) is 0 Å². The molecule has 1 aromatic heterocycles. The van der Waals surface area contributed by atoms with Crippen LogP contribution >= 0.6 is 0 Å². The lowest BCUT2D eigenvalue weighted by atomic mass is 9.87. The molecule has 11 nitrogen and oxygen atoms in total. The molecular weight excluding hydrogens is 645 g/mol. The van der Waals surface area contributed by atoms with Gasteiger partial charge in [-0.15, -0.1) is 10.2 Å². The fourth-order valence-corrected chi connectivity index (χ4v) is 5.18. The van der Waals surface area contributed by atoms with E-state index in [1.54, 1.807) is 68.4 Å². The summed E-state index contributed by atoms with van der Waals surface area (Å²) in [5.74, 6) is -4.72. The number of amides is 2. The Hall–Kier alpha value is -4.72. The quantitative estimate of drug-likeness (QED) is 0.161. The van der Waals surface area contributed by atoms with Crippen LogP contribution in [-0.4, -0.2) is 68.8 Å². The number of Topliss-reactive ketones (excluding diaryl/α,β-unsaturated/α-hetero) is 3. The van der Waals surface area contributed by atoms with Crippen LogP contribution < -0.4 is 10.6 Å². The molecule has 2 unspecified atom stereocenters. The zero-order chi connectivity index (χ0) is 36.3. The molecule has 14 heteroatoms. The van der Waals surface area contributed by atoms with Crippen LogP contribution in [0.15, 0.2) is 65.4 Å². The van der Waals surface area contributed by atoms with E-state index in [-0.39, 0.29) is 36.9 Å². The van der Waals surface area contributed by atoms with Gasteiger partial charge in [0.2, 0.25) is 24.1 Å². The van der Waals surface area contributed by atoms with Crippen LogP contribution in [0.25, 0.3) is 11.5 Å². The van der Waals surface area contributed by atoms with Gasteiger partial charge in [0.1, 0.15) is 5.78 Å². The maximum absolute atomic E-state index is 13.6. The van der Waals surface area contributed by atoms with Gasteiger partial charge in [0.05, 0.1) is 12.1 Å². The van der Waals surface area contributed by atoms with Gasteiger partial charge in [0, 0.05) is 42.2 Å². The predicted molar refractivity (Wildman–Crippen MR) is 172 cm³/mol. The lowest BCUT2D eigenvalue weighted by Crippen LogP contribution is -2.52. The van der Waals surface area contributed by atoms with Crippen molar-refractivity contribution in [3.8, 4) is 11.5 Å². The van der Waals surface area contributed by atoms with E-state index >= 15 is 0 Å². The number of ketones is 3. The molecule has 1 heterocycles. The molecule has 0 aliphatic rings. The number of nitrogens with zero attached hydrogens (tertiary/aromatic N) is 2. The zero-order valence-corrected chi connectivity index (χ0v) is 27.7. The standard InChI is InChI=1S/C35H41F3N4O7/c1-20(2)26(18-29(44)24-11-13-25(14-12-24)34-42-39-19-49-34)33(48)41-28(17-23-8-6-5-7-9-23)30(45)16-21(3)32(47)40-27(15-10-22(4)43)31(46)35(36,37)38/h5-9,11-14,19-21,26-28,31,46H,10,15-18H2,1-4H3,(H,40,47)(H,41,48)/t21-,26+,27?,28+,31?/m1/s1. The third kappa shape index (κ3) is 11.7. The number of carbonyl (C=O) groups excluding carboxylic acids is 5. The lowest BCUT2D eigenvalue weighted by molar-refractivity contribution is -0.213. The van der Waals surface area contributed by atoms with Crippen molar-refractivity contribution in [1.29, 1.82) is 0 Å². The molecule has 0 spiro atoms. The van der Waals surface area contributed by atoms with E-state index in [9.17, 15) is 42.3 Å². The first-order chi connectivity index (χ1) is 23.1. The maximum atomic E-state index is 13.6. The molecule has 5 atom stereocenters. The molecule has 0 radical (unpaired) electrons. The Labute approximate surface area is 282 Å². The predicted octanol–water partition coefficient (Wildman–Crippen LogP) is 4.68. The van der Waals surface area contributed by atoms with Gasteiger partial charge in [-0.3, -0.25) is 19.2 Å². The van der Waals surface area contributed by atoms with Crippen LogP contribution in [0, 0.1) is 17.8 Å². The molecule has 0 aliphatic carbocycles. The Balaban J connectivity index is 1.74. The van der Waals surface area contributed by atoms with Crippen LogP contribution in [0.3, 0.4) is 0 Å². The highest BCUT2D eigenvalue weighted by molar-refractivity contribution is 6.00. The van der Waals surface area contributed by atoms with Crippen LogP contribution in [0.1, 0.15) is 69.3 Å². The van der Waals surface area contributed by atoms with Gasteiger partial charge in [-0.1, -0.05) is 63.2 Å². The summed E-state index contributed by atoms with van der Waals surface area (Å²) in [5, 5.41) is 22.2. The topological polar surface area (TPSA) is 169 Å². The van der Waals surface area contributed by atoms with Gasteiger partial charge in [-0.05, 0) is 43.4 Å². The van der Waals surface area contributed by atoms with Gasteiger partial charge in [0.15, 0.2) is 17.7 Å². The van der Waals surface area contributed by atoms with Gasteiger partial charge in [0.25, 0.3) is 0 Å². The number of aromatic nitrogens is 2. The normalized spacial score (nSPS) is 14.7. The molecule has 0 saturated carbocycles. The van der Waals surface area contributed by atoms with E-state index in [2.05, 4.69) is 20.8 Å². The summed E-state index contributed by atoms with van der Waals surface area (Å²) < 4.78 is 45.0. The van der Waals surface area contributed by atoms with E-state index in [4.69, 9.17) is 4.42 Å². The van der Waals surface area contributed by atoms with Crippen LogP contribution in [-0.2, 0) is 25.6 Å². The third-order valence-corrected chi connectivity index (χ3v) is 8.15. The number of carbonyl (C=O) groups is 5. The molecule has 0 fully saturated rings. The molecule has 0 saturated heterocycles. The summed E-state index contributed by atoms with van der Waals surface area (Å²) in [6.07, 6.45) is -8.07. The summed E-state index contributed by atoms with van der Waals surface area (Å²) in [6.45, 7) is 6.07. The largest absolute Gasteiger partial charge is 0.423 e. The second kappa shape index (κ2) is 17.6. The molecule has 3 aromatic rings. The Morgan fingerprint density at radius 3 is 2.10 bits per heavy atom. The Morgan fingerprint density at radius 1 is 0.898 bits per heavy atom. The van der Waals surface area contributed by atoms with Crippen molar-refractivity contribution in [2.45, 2.75) is 84.2 Å². The second-order valence-corrected chi connectivity index (χ2v) is 12.5. The number of rotatable bonds is 18. The zero-order valence-electron chi connectivity index (χ0n) is 27.7. The van der Waals surface area contributed by atoms with E-state index in [1.165, 1.54) is 20.2 Å². The van der Waals surface area contributed by atoms with Crippen molar-refractivity contribution < 1.29 is 46.7 Å². The number of alkyl halides is 3. The molecule has 264 valence electrons. The molecular formula is C35H41F3N4O7. The first-order valence-electron chi connectivity index (χ1n) is 15.9. The van der Waals surface area contributed by atoms with Gasteiger partial charge in [-0.25, -0.2) is 0 Å². The smallest absolute Gasteiger partial charge is 0.416 e. The van der Waals surface area contributed by atoms with E-state index < -0.39 is 72.4 Å². The van der Waals surface area contributed by atoms with Crippen molar-refractivity contribution in [3.05, 3.63) is 72.1 Å². The summed E-state index contributed by atoms with van der Waals surface area (Å²) in [4.78, 5) is 64.8. The molecule has 2 aromatic carbocycles. The average molecular weight is 687 g/mol. The van der Waals surface area contributed by atoms with E-state index in [1.807, 2.05) is 0 Å². The van der Waals surface area contributed by atoms with Crippen molar-refractivity contribution in [3.63, 3.8) is 0 Å². The monoisotopic (exact) mass is 686 g/mol. The summed E-state index contributed by atoms with van der Waals surface area (Å²) >= 11 is 0. The van der Waals surface area contributed by atoms with Crippen LogP contribution in [0.4, 0.5) is 13.2 Å². The number of hydrogen-bond acceptors (Lipinski definition) is 9. The number of nitrogens with one attached hydrogen (secondary N) is 2. The number of benzene rings is 2. The molecule has 2 amide bonds. The first kappa shape index (κ1) is 38.7. The maximum Gasteiger partial charge on any atom is 0.416 e. The fourth-order valence-electron chi connectivity index (χ4n) is 5.18. The minimum Gasteiger partial charge on any atom is -0.423 e. The van der Waals surface area contributed by atoms with Crippen LogP contribution in [0.2, 0.25) is 0 Å². The Morgan fingerprint density at radius 2 is 1.55 bits per heavy atom. The Kier molecular flexibility index (Phi) is 13.9. The molecule has 49 heavy (non-hydrogen) atoms. The Bertz CT molecular complexity index is 1560.